The molecule has 2 rings (SSSR count). The van der Waals surface area contributed by atoms with Crippen LogP contribution in [0.1, 0.15) is 36.5 Å². The maximum Gasteiger partial charge on any atom is 0.338 e. The number of aromatic nitrogens is 1. The lowest BCUT2D eigenvalue weighted by Crippen LogP contribution is -2.06. The van der Waals surface area contributed by atoms with Crippen LogP contribution in [0, 0.1) is 0 Å². The molecule has 3 nitrogen and oxygen atoms in total. The monoisotopic (exact) mass is 231 g/mol. The Morgan fingerprint density at radius 2 is 2.18 bits per heavy atom. The number of unbranched alkanes of at least 4 members (excludes halogenated alkanes) is 2. The van der Waals surface area contributed by atoms with Crippen molar-refractivity contribution in [3.05, 3.63) is 36.0 Å². The predicted molar refractivity (Wildman–Crippen MR) is 68.1 cm³/mol. The zero-order chi connectivity index (χ0) is 12.1. The Labute approximate surface area is 101 Å². The number of carbonyl (C=O) groups excluding carboxylic acids is 1. The van der Waals surface area contributed by atoms with Crippen molar-refractivity contribution in [2.24, 2.45) is 0 Å². The number of hydrogen-bond donors (Lipinski definition) is 1. The lowest BCUT2D eigenvalue weighted by atomic mass is 10.1. The molecule has 0 saturated carbocycles. The van der Waals surface area contributed by atoms with Crippen LogP contribution < -0.4 is 0 Å². The van der Waals surface area contributed by atoms with Gasteiger partial charge in [-0.2, -0.15) is 0 Å². The molecule has 90 valence electrons. The van der Waals surface area contributed by atoms with Crippen LogP contribution in [0.4, 0.5) is 0 Å². The SMILES string of the molecule is CCCCCOC(=O)c1ccc2[nH]ccc2c1. The quantitative estimate of drug-likeness (QED) is 0.632. The number of benzene rings is 1. The van der Waals surface area contributed by atoms with Gasteiger partial charge < -0.3 is 9.72 Å². The van der Waals surface area contributed by atoms with Crippen molar-refractivity contribution in [1.29, 1.82) is 0 Å². The Hall–Kier alpha value is -1.77. The van der Waals surface area contributed by atoms with Gasteiger partial charge in [0.15, 0.2) is 0 Å². The predicted octanol–water partition coefficient (Wildman–Crippen LogP) is 3.51. The molecule has 0 bridgehead atoms. The summed E-state index contributed by atoms with van der Waals surface area (Å²) in [5, 5.41) is 1.04. The van der Waals surface area contributed by atoms with E-state index in [4.69, 9.17) is 4.74 Å². The Bertz CT molecular complexity index is 502. The molecule has 1 N–H and O–H groups in total. The molecule has 0 aliphatic heterocycles. The van der Waals surface area contributed by atoms with Crippen molar-refractivity contribution in [3.63, 3.8) is 0 Å². The van der Waals surface area contributed by atoms with Gasteiger partial charge in [0, 0.05) is 17.1 Å². The molecule has 3 heteroatoms. The lowest BCUT2D eigenvalue weighted by Gasteiger charge is -2.04. The third-order valence-electron chi connectivity index (χ3n) is 2.77. The fourth-order valence-electron chi connectivity index (χ4n) is 1.78. The van der Waals surface area contributed by atoms with Crippen molar-refractivity contribution in [1.82, 2.24) is 4.98 Å². The van der Waals surface area contributed by atoms with Gasteiger partial charge in [0.2, 0.25) is 0 Å². The van der Waals surface area contributed by atoms with E-state index in [1.54, 1.807) is 6.07 Å². The van der Waals surface area contributed by atoms with Gasteiger partial charge in [0.05, 0.1) is 12.2 Å². The second kappa shape index (κ2) is 5.53. The molecule has 0 radical (unpaired) electrons. The fraction of sp³-hybridized carbons (Fsp3) is 0.357. The lowest BCUT2D eigenvalue weighted by molar-refractivity contribution is 0.0498. The van der Waals surface area contributed by atoms with E-state index in [1.165, 1.54) is 0 Å². The molecular formula is C14H17NO2. The van der Waals surface area contributed by atoms with Gasteiger partial charge in [-0.3, -0.25) is 0 Å². The maximum atomic E-state index is 11.7. The second-order valence-electron chi connectivity index (χ2n) is 4.12. The first-order chi connectivity index (χ1) is 8.31. The first kappa shape index (κ1) is 11.7. The van der Waals surface area contributed by atoms with Gasteiger partial charge >= 0.3 is 5.97 Å². The largest absolute Gasteiger partial charge is 0.462 e. The summed E-state index contributed by atoms with van der Waals surface area (Å²) in [6.07, 6.45) is 5.03. The van der Waals surface area contributed by atoms with Gasteiger partial charge in [-0.15, -0.1) is 0 Å². The molecular weight excluding hydrogens is 214 g/mol. The van der Waals surface area contributed by atoms with Gasteiger partial charge in [0.1, 0.15) is 0 Å². The van der Waals surface area contributed by atoms with Gasteiger partial charge in [-0.05, 0) is 30.7 Å². The van der Waals surface area contributed by atoms with E-state index in [9.17, 15) is 4.79 Å². The minimum atomic E-state index is -0.232. The number of nitrogens with one attached hydrogen (secondary N) is 1. The molecule has 1 aromatic carbocycles. The molecule has 0 unspecified atom stereocenters. The van der Waals surface area contributed by atoms with Crippen LogP contribution in [0.5, 0.6) is 0 Å². The zero-order valence-corrected chi connectivity index (χ0v) is 10.0. The molecule has 0 fully saturated rings. The van der Waals surface area contributed by atoms with Crippen LogP contribution in [0.2, 0.25) is 0 Å². The summed E-state index contributed by atoms with van der Waals surface area (Å²) >= 11 is 0. The average Bonchev–Trinajstić information content (AvgIpc) is 2.81. The molecule has 0 saturated heterocycles. The van der Waals surface area contributed by atoms with Crippen LogP contribution in [-0.4, -0.2) is 17.6 Å². The molecule has 0 aliphatic rings. The highest BCUT2D eigenvalue weighted by Gasteiger charge is 2.07. The maximum absolute atomic E-state index is 11.7. The van der Waals surface area contributed by atoms with Crippen LogP contribution in [0.15, 0.2) is 30.5 Å². The number of hydrogen-bond acceptors (Lipinski definition) is 2. The van der Waals surface area contributed by atoms with E-state index in [-0.39, 0.29) is 5.97 Å². The van der Waals surface area contributed by atoms with E-state index in [0.717, 1.165) is 30.2 Å². The first-order valence-electron chi connectivity index (χ1n) is 6.05. The molecule has 0 aliphatic carbocycles. The summed E-state index contributed by atoms with van der Waals surface area (Å²) < 4.78 is 5.21. The van der Waals surface area contributed by atoms with Gasteiger partial charge in [-0.25, -0.2) is 4.79 Å². The van der Waals surface area contributed by atoms with Crippen LogP contribution in [0.25, 0.3) is 10.9 Å². The number of rotatable bonds is 5. The first-order valence-corrected chi connectivity index (χ1v) is 6.05. The minimum Gasteiger partial charge on any atom is -0.462 e. The molecule has 0 spiro atoms. The highest BCUT2D eigenvalue weighted by atomic mass is 16.5. The summed E-state index contributed by atoms with van der Waals surface area (Å²) in [5.74, 6) is -0.232. The normalized spacial score (nSPS) is 10.6. The standard InChI is InChI=1S/C14H17NO2/c1-2-3-4-9-17-14(16)12-5-6-13-11(10-12)7-8-15-13/h5-8,10,15H,2-4,9H2,1H3. The summed E-state index contributed by atoms with van der Waals surface area (Å²) in [5.41, 5.74) is 1.65. The van der Waals surface area contributed by atoms with E-state index in [1.807, 2.05) is 24.4 Å². The Balaban J connectivity index is 1.98. The van der Waals surface area contributed by atoms with Crippen molar-refractivity contribution in [2.75, 3.05) is 6.61 Å². The Morgan fingerprint density at radius 1 is 1.29 bits per heavy atom. The third kappa shape index (κ3) is 2.87. The van der Waals surface area contributed by atoms with Crippen LogP contribution in [-0.2, 0) is 4.74 Å². The summed E-state index contributed by atoms with van der Waals surface area (Å²) in [4.78, 5) is 14.8. The summed E-state index contributed by atoms with van der Waals surface area (Å²) in [7, 11) is 0. The van der Waals surface area contributed by atoms with Crippen molar-refractivity contribution >= 4 is 16.9 Å². The molecule has 17 heavy (non-hydrogen) atoms. The summed E-state index contributed by atoms with van der Waals surface area (Å²) in [6, 6.07) is 7.50. The number of esters is 1. The minimum absolute atomic E-state index is 0.232. The highest BCUT2D eigenvalue weighted by Crippen LogP contribution is 2.15. The topological polar surface area (TPSA) is 42.1 Å². The molecule has 1 aromatic heterocycles. The van der Waals surface area contributed by atoms with E-state index in [0.29, 0.717) is 12.2 Å². The number of H-pyrrole nitrogens is 1. The Morgan fingerprint density at radius 3 is 3.00 bits per heavy atom. The van der Waals surface area contributed by atoms with Crippen LogP contribution in [0.3, 0.4) is 0 Å². The van der Waals surface area contributed by atoms with E-state index >= 15 is 0 Å². The summed E-state index contributed by atoms with van der Waals surface area (Å²) in [6.45, 7) is 2.64. The van der Waals surface area contributed by atoms with Gasteiger partial charge in [-0.1, -0.05) is 19.8 Å². The van der Waals surface area contributed by atoms with E-state index in [2.05, 4.69) is 11.9 Å². The number of ether oxygens (including phenoxy) is 1. The van der Waals surface area contributed by atoms with Gasteiger partial charge in [0.25, 0.3) is 0 Å². The highest BCUT2D eigenvalue weighted by molar-refractivity contribution is 5.94. The number of aromatic amines is 1. The Kier molecular flexibility index (Phi) is 3.81. The van der Waals surface area contributed by atoms with E-state index < -0.39 is 0 Å². The van der Waals surface area contributed by atoms with Crippen molar-refractivity contribution in [3.8, 4) is 0 Å². The molecule has 1 heterocycles. The second-order valence-corrected chi connectivity index (χ2v) is 4.12. The number of carbonyl (C=O) groups is 1. The average molecular weight is 231 g/mol. The van der Waals surface area contributed by atoms with Crippen LogP contribution >= 0.6 is 0 Å². The molecule has 0 amide bonds. The smallest absolute Gasteiger partial charge is 0.338 e. The molecule has 0 atom stereocenters. The van der Waals surface area contributed by atoms with Crippen molar-refractivity contribution < 1.29 is 9.53 Å². The zero-order valence-electron chi connectivity index (χ0n) is 10.0. The van der Waals surface area contributed by atoms with Crippen molar-refractivity contribution in [2.45, 2.75) is 26.2 Å². The third-order valence-corrected chi connectivity index (χ3v) is 2.77. The molecule has 2 aromatic rings. The number of fused-ring (bicyclic) bond motifs is 1. The fourth-order valence-corrected chi connectivity index (χ4v) is 1.78.